The van der Waals surface area contributed by atoms with Gasteiger partial charge in [-0.25, -0.2) is 0 Å². The summed E-state index contributed by atoms with van der Waals surface area (Å²) in [5, 5.41) is 0. The summed E-state index contributed by atoms with van der Waals surface area (Å²) in [6, 6.07) is 31.5. The third kappa shape index (κ3) is 22.4. The lowest BCUT2D eigenvalue weighted by Crippen LogP contribution is -1.99. The van der Waals surface area contributed by atoms with Gasteiger partial charge in [0.25, 0.3) is 0 Å². The van der Waals surface area contributed by atoms with E-state index in [-0.39, 0.29) is 0 Å². The summed E-state index contributed by atoms with van der Waals surface area (Å²) in [4.78, 5) is 0. The minimum Gasteiger partial charge on any atom is -0.399 e. The molecule has 0 spiro atoms. The van der Waals surface area contributed by atoms with Gasteiger partial charge in [0.15, 0.2) is 0 Å². The van der Waals surface area contributed by atoms with Gasteiger partial charge in [0.1, 0.15) is 0 Å². The molecule has 0 unspecified atom stereocenters. The molecule has 0 aliphatic heterocycles. The number of hydrogen-bond acceptors (Lipinski definition) is 2. The summed E-state index contributed by atoms with van der Waals surface area (Å²) in [7, 11) is 0. The molecular weight excluding hydrogens is 737 g/mol. The smallest absolute Gasteiger partial charge is 0.0314 e. The number of anilines is 2. The van der Waals surface area contributed by atoms with Crippen molar-refractivity contribution in [2.75, 3.05) is 11.5 Å². The Bertz CT molecular complexity index is 1540. The molecule has 4 N–H and O–H groups in total. The molecule has 0 amide bonds. The minimum absolute atomic E-state index is 0.846. The first-order valence-corrected chi connectivity index (χ1v) is 25.9. The molecule has 0 fully saturated rings. The maximum absolute atomic E-state index is 5.93. The molecule has 336 valence electrons. The number of benzene rings is 4. The number of aryl methyl sites for hydroxylation is 4. The van der Waals surface area contributed by atoms with Crippen LogP contribution in [0.2, 0.25) is 0 Å². The molecule has 61 heavy (non-hydrogen) atoms. The van der Waals surface area contributed by atoms with E-state index in [9.17, 15) is 0 Å². The van der Waals surface area contributed by atoms with Crippen molar-refractivity contribution in [2.24, 2.45) is 0 Å². The van der Waals surface area contributed by atoms with Crippen molar-refractivity contribution >= 4 is 11.4 Å². The van der Waals surface area contributed by atoms with Crippen LogP contribution in [0.15, 0.2) is 84.9 Å². The number of hydrogen-bond donors (Lipinski definition) is 2. The van der Waals surface area contributed by atoms with E-state index in [0.717, 1.165) is 24.2 Å². The Hall–Kier alpha value is -3.52. The Morgan fingerprint density at radius 3 is 0.803 bits per heavy atom. The first-order valence-electron chi connectivity index (χ1n) is 25.9. The molecule has 0 heterocycles. The number of rotatable bonds is 36. The third-order valence-corrected chi connectivity index (χ3v) is 13.3. The number of nitrogen functional groups attached to an aromatic ring is 2. The highest BCUT2D eigenvalue weighted by Crippen LogP contribution is 2.24. The quantitative estimate of drug-likeness (QED) is 0.0354. The van der Waals surface area contributed by atoms with E-state index in [1.807, 2.05) is 24.3 Å². The van der Waals surface area contributed by atoms with E-state index in [4.69, 9.17) is 11.5 Å². The van der Waals surface area contributed by atoms with Crippen LogP contribution in [-0.4, -0.2) is 0 Å². The molecule has 2 nitrogen and oxygen atoms in total. The first-order chi connectivity index (χ1) is 30.0. The molecule has 0 aromatic heterocycles. The molecular formula is C59H90N2. The molecule has 4 aromatic rings. The zero-order chi connectivity index (χ0) is 43.0. The molecule has 0 aliphatic carbocycles. The SMILES string of the molecule is CCCCCCCc1cc(Cc2ccc(N)cc2)ccc1CCCCCCCCCCCCCCCCCCCc1ccc(Cc2ccc(N)cc2)cc1CCCCCCC. The molecule has 0 saturated carbocycles. The fraction of sp³-hybridized carbons (Fsp3) is 0.593. The van der Waals surface area contributed by atoms with Gasteiger partial charge < -0.3 is 11.5 Å². The summed E-state index contributed by atoms with van der Waals surface area (Å²) in [5.41, 5.74) is 25.6. The molecule has 0 bridgehead atoms. The fourth-order valence-electron chi connectivity index (χ4n) is 9.39. The molecule has 0 radical (unpaired) electrons. The molecule has 2 heteroatoms. The van der Waals surface area contributed by atoms with Crippen LogP contribution in [0.5, 0.6) is 0 Å². The van der Waals surface area contributed by atoms with Crippen molar-refractivity contribution < 1.29 is 0 Å². The average Bonchev–Trinajstić information content (AvgIpc) is 3.27. The van der Waals surface area contributed by atoms with E-state index in [1.165, 1.54) is 221 Å². The Kier molecular flexibility index (Phi) is 26.5. The highest BCUT2D eigenvalue weighted by molar-refractivity contribution is 5.43. The molecule has 4 aromatic carbocycles. The van der Waals surface area contributed by atoms with Crippen LogP contribution in [0.3, 0.4) is 0 Å². The number of unbranched alkanes of at least 4 members (excludes halogenated alkanes) is 24. The summed E-state index contributed by atoms with van der Waals surface area (Å²) < 4.78 is 0. The second-order valence-corrected chi connectivity index (χ2v) is 18.9. The van der Waals surface area contributed by atoms with E-state index >= 15 is 0 Å². The van der Waals surface area contributed by atoms with Gasteiger partial charge in [-0.1, -0.05) is 222 Å². The van der Waals surface area contributed by atoms with Crippen LogP contribution in [0.4, 0.5) is 11.4 Å². The highest BCUT2D eigenvalue weighted by Gasteiger charge is 2.09. The molecule has 0 aliphatic rings. The van der Waals surface area contributed by atoms with Gasteiger partial charge in [0, 0.05) is 11.4 Å². The maximum Gasteiger partial charge on any atom is 0.0314 e. The lowest BCUT2D eigenvalue weighted by atomic mass is 9.93. The third-order valence-electron chi connectivity index (χ3n) is 13.3. The fourth-order valence-corrected chi connectivity index (χ4v) is 9.39. The first kappa shape index (κ1) is 50.1. The van der Waals surface area contributed by atoms with Crippen LogP contribution in [0.1, 0.15) is 232 Å². The van der Waals surface area contributed by atoms with Crippen LogP contribution in [-0.2, 0) is 38.5 Å². The topological polar surface area (TPSA) is 52.0 Å². The largest absolute Gasteiger partial charge is 0.399 e. The van der Waals surface area contributed by atoms with Crippen molar-refractivity contribution in [3.05, 3.63) is 129 Å². The summed E-state index contributed by atoms with van der Waals surface area (Å²) in [6.07, 6.45) is 44.5. The minimum atomic E-state index is 0.846. The lowest BCUT2D eigenvalue weighted by Gasteiger charge is -2.13. The Balaban J connectivity index is 0.985. The van der Waals surface area contributed by atoms with E-state index in [2.05, 4.69) is 74.5 Å². The maximum atomic E-state index is 5.93. The Morgan fingerprint density at radius 2 is 0.508 bits per heavy atom. The van der Waals surface area contributed by atoms with Crippen molar-refractivity contribution in [3.8, 4) is 0 Å². The van der Waals surface area contributed by atoms with Gasteiger partial charge in [0.05, 0.1) is 0 Å². The van der Waals surface area contributed by atoms with Gasteiger partial charge in [-0.2, -0.15) is 0 Å². The molecule has 0 atom stereocenters. The normalized spacial score (nSPS) is 11.4. The van der Waals surface area contributed by atoms with Gasteiger partial charge in [-0.15, -0.1) is 0 Å². The van der Waals surface area contributed by atoms with Crippen molar-refractivity contribution in [3.63, 3.8) is 0 Å². The summed E-state index contributed by atoms with van der Waals surface area (Å²) in [5.74, 6) is 0. The van der Waals surface area contributed by atoms with Crippen LogP contribution >= 0.6 is 0 Å². The summed E-state index contributed by atoms with van der Waals surface area (Å²) >= 11 is 0. The summed E-state index contributed by atoms with van der Waals surface area (Å²) in [6.45, 7) is 4.61. The van der Waals surface area contributed by atoms with E-state index in [0.29, 0.717) is 0 Å². The van der Waals surface area contributed by atoms with Gasteiger partial charge in [0.2, 0.25) is 0 Å². The predicted molar refractivity (Wildman–Crippen MR) is 271 cm³/mol. The van der Waals surface area contributed by atoms with E-state index in [1.54, 1.807) is 22.3 Å². The second-order valence-electron chi connectivity index (χ2n) is 18.9. The van der Waals surface area contributed by atoms with Gasteiger partial charge >= 0.3 is 0 Å². The Labute approximate surface area is 376 Å². The van der Waals surface area contributed by atoms with Crippen LogP contribution in [0.25, 0.3) is 0 Å². The van der Waals surface area contributed by atoms with Crippen LogP contribution in [0, 0.1) is 0 Å². The molecule has 4 rings (SSSR count). The predicted octanol–water partition coefficient (Wildman–Crippen LogP) is 17.5. The van der Waals surface area contributed by atoms with Crippen molar-refractivity contribution in [1.29, 1.82) is 0 Å². The van der Waals surface area contributed by atoms with Gasteiger partial charge in [-0.3, -0.25) is 0 Å². The van der Waals surface area contributed by atoms with Crippen molar-refractivity contribution in [1.82, 2.24) is 0 Å². The highest BCUT2D eigenvalue weighted by atomic mass is 14.5. The van der Waals surface area contributed by atoms with Crippen LogP contribution < -0.4 is 11.5 Å². The van der Waals surface area contributed by atoms with E-state index < -0.39 is 0 Å². The standard InChI is InChI=1S/C59H90N2/c1-3-5-7-22-28-32-56-48-52(46-50-36-42-58(60)43-37-50)34-40-54(56)30-26-24-20-18-16-14-12-10-9-11-13-15-17-19-21-25-27-31-55-41-35-53(47-51-38-44-59(61)45-39-51)49-57(55)33-29-23-8-6-4-2/h34-45,48-49H,3-33,46-47,60-61H2,1-2H3. The second kappa shape index (κ2) is 32.2. The monoisotopic (exact) mass is 827 g/mol. The molecule has 0 saturated heterocycles. The Morgan fingerprint density at radius 1 is 0.262 bits per heavy atom. The zero-order valence-electron chi connectivity index (χ0n) is 39.6. The zero-order valence-corrected chi connectivity index (χ0v) is 39.6. The average molecular weight is 827 g/mol. The van der Waals surface area contributed by atoms with Gasteiger partial charge in [-0.05, 0) is 133 Å². The lowest BCUT2D eigenvalue weighted by molar-refractivity contribution is 0.525. The van der Waals surface area contributed by atoms with Crippen molar-refractivity contribution in [2.45, 2.75) is 226 Å². The number of nitrogens with two attached hydrogens (primary N) is 2.